The van der Waals surface area contributed by atoms with Gasteiger partial charge in [-0.2, -0.15) is 0 Å². The highest BCUT2D eigenvalue weighted by atomic mass is 16.5. The molecule has 4 heteroatoms. The Morgan fingerprint density at radius 2 is 1.93 bits per heavy atom. The van der Waals surface area contributed by atoms with Gasteiger partial charge in [-0.15, -0.1) is 0 Å². The van der Waals surface area contributed by atoms with E-state index >= 15 is 0 Å². The van der Waals surface area contributed by atoms with Gasteiger partial charge in [0, 0.05) is 18.3 Å². The number of hydrogen-bond acceptors (Lipinski definition) is 4. The molecule has 3 N–H and O–H groups in total. The number of rotatable bonds is 4. The lowest BCUT2D eigenvalue weighted by Gasteiger charge is -2.18. The van der Waals surface area contributed by atoms with Crippen molar-refractivity contribution >= 4 is 5.90 Å². The first-order valence-corrected chi connectivity index (χ1v) is 4.57. The first-order valence-electron chi connectivity index (χ1n) is 4.57. The molecular formula is C10H20N2O2. The van der Waals surface area contributed by atoms with Gasteiger partial charge < -0.3 is 15.2 Å². The minimum absolute atomic E-state index is 0.0963. The Hall–Kier alpha value is -1.03. The predicted octanol–water partition coefficient (Wildman–Crippen LogP) is 1.26. The van der Waals surface area contributed by atoms with Crippen molar-refractivity contribution in [1.29, 1.82) is 5.41 Å². The fraction of sp³-hybridized carbons (Fsp3) is 0.700. The highest BCUT2D eigenvalue weighted by Gasteiger charge is 2.15. The number of allylic oxidation sites excluding steroid dienone is 1. The molecule has 0 unspecified atom stereocenters. The van der Waals surface area contributed by atoms with Crippen LogP contribution < -0.4 is 5.32 Å². The lowest BCUT2D eigenvalue weighted by Crippen LogP contribution is -2.28. The summed E-state index contributed by atoms with van der Waals surface area (Å²) in [7, 11) is 1.79. The van der Waals surface area contributed by atoms with Gasteiger partial charge >= 0.3 is 0 Å². The van der Waals surface area contributed by atoms with Gasteiger partial charge in [-0.05, 0) is 27.7 Å². The molecule has 4 nitrogen and oxygen atoms in total. The van der Waals surface area contributed by atoms with E-state index in [1.54, 1.807) is 27.8 Å². The molecule has 0 heterocycles. The van der Waals surface area contributed by atoms with Gasteiger partial charge in [-0.3, -0.25) is 5.41 Å². The second-order valence-electron chi connectivity index (χ2n) is 3.93. The zero-order valence-electron chi connectivity index (χ0n) is 9.56. The molecule has 0 aromatic rings. The molecule has 0 aromatic carbocycles. The summed E-state index contributed by atoms with van der Waals surface area (Å²) in [4.78, 5) is 0. The van der Waals surface area contributed by atoms with Crippen molar-refractivity contribution in [3.8, 4) is 0 Å². The molecule has 0 aliphatic rings. The minimum Gasteiger partial charge on any atom is -0.475 e. The number of hydrogen-bond donors (Lipinski definition) is 3. The van der Waals surface area contributed by atoms with E-state index < -0.39 is 5.60 Å². The topological polar surface area (TPSA) is 65.3 Å². The van der Waals surface area contributed by atoms with Crippen LogP contribution >= 0.6 is 0 Å². The van der Waals surface area contributed by atoms with Crippen molar-refractivity contribution < 1.29 is 9.84 Å². The quantitative estimate of drug-likeness (QED) is 0.473. The average molecular weight is 200 g/mol. The summed E-state index contributed by atoms with van der Waals surface area (Å²) in [6.45, 7) is 7.09. The van der Waals surface area contributed by atoms with Crippen molar-refractivity contribution in [3.05, 3.63) is 11.3 Å². The summed E-state index contributed by atoms with van der Waals surface area (Å²) in [6, 6.07) is 0. The Morgan fingerprint density at radius 3 is 2.29 bits per heavy atom. The van der Waals surface area contributed by atoms with Gasteiger partial charge in [0.05, 0.1) is 5.60 Å². The molecule has 0 saturated carbocycles. The van der Waals surface area contributed by atoms with Crippen molar-refractivity contribution in [1.82, 2.24) is 5.32 Å². The Labute approximate surface area is 85.5 Å². The van der Waals surface area contributed by atoms with Crippen LogP contribution in [0.3, 0.4) is 0 Å². The van der Waals surface area contributed by atoms with Gasteiger partial charge in [0.1, 0.15) is 6.61 Å². The lowest BCUT2D eigenvalue weighted by molar-refractivity contribution is 0.0236. The van der Waals surface area contributed by atoms with Gasteiger partial charge in [0.25, 0.3) is 0 Å². The molecule has 0 amide bonds. The van der Waals surface area contributed by atoms with Crippen molar-refractivity contribution in [2.75, 3.05) is 13.7 Å². The average Bonchev–Trinajstić information content (AvgIpc) is 2.10. The van der Waals surface area contributed by atoms with E-state index in [2.05, 4.69) is 5.32 Å². The Kier molecular flexibility index (Phi) is 4.63. The summed E-state index contributed by atoms with van der Waals surface area (Å²) in [5.41, 5.74) is 0.739. The van der Waals surface area contributed by atoms with E-state index in [0.717, 1.165) is 11.3 Å². The molecule has 0 aliphatic heterocycles. The van der Waals surface area contributed by atoms with Gasteiger partial charge in [0.2, 0.25) is 5.90 Å². The van der Waals surface area contributed by atoms with Crippen LogP contribution in [0.15, 0.2) is 11.3 Å². The van der Waals surface area contributed by atoms with E-state index in [1.807, 2.05) is 6.92 Å². The van der Waals surface area contributed by atoms with E-state index in [1.165, 1.54) is 0 Å². The molecule has 0 radical (unpaired) electrons. The maximum atomic E-state index is 9.39. The van der Waals surface area contributed by atoms with Crippen molar-refractivity contribution in [2.45, 2.75) is 33.3 Å². The molecule has 0 spiro atoms. The Bertz CT molecular complexity index is 239. The Morgan fingerprint density at radius 1 is 1.43 bits per heavy atom. The minimum atomic E-state index is -0.903. The highest BCUT2D eigenvalue weighted by molar-refractivity contribution is 5.90. The molecule has 0 fully saturated rings. The van der Waals surface area contributed by atoms with Gasteiger partial charge in [-0.25, -0.2) is 0 Å². The van der Waals surface area contributed by atoms with Crippen LogP contribution in [0, 0.1) is 5.41 Å². The standard InChI is InChI=1S/C10H20N2O2/c1-7(8(2)12-5)9(11)14-6-10(3,4)13/h11-13H,6H2,1-5H3/b8-7+,11-9?. The smallest absolute Gasteiger partial charge is 0.210 e. The number of ether oxygens (including phenoxy) is 1. The molecule has 0 saturated heterocycles. The third kappa shape index (κ3) is 4.87. The van der Waals surface area contributed by atoms with Crippen LogP contribution in [-0.4, -0.2) is 30.3 Å². The summed E-state index contributed by atoms with van der Waals surface area (Å²) in [5, 5.41) is 19.9. The maximum Gasteiger partial charge on any atom is 0.210 e. The third-order valence-electron chi connectivity index (χ3n) is 1.85. The van der Waals surface area contributed by atoms with E-state index in [0.29, 0.717) is 0 Å². The lowest BCUT2D eigenvalue weighted by atomic mass is 10.1. The first kappa shape index (κ1) is 13.0. The van der Waals surface area contributed by atoms with Crippen LogP contribution in [0.25, 0.3) is 0 Å². The molecule has 0 aliphatic carbocycles. The Balaban J connectivity index is 4.24. The third-order valence-corrected chi connectivity index (χ3v) is 1.85. The highest BCUT2D eigenvalue weighted by Crippen LogP contribution is 2.06. The zero-order chi connectivity index (χ0) is 11.4. The SMILES string of the molecule is CN/C(C)=C(\C)C(=N)OCC(C)(C)O. The van der Waals surface area contributed by atoms with Crippen molar-refractivity contribution in [3.63, 3.8) is 0 Å². The van der Waals surface area contributed by atoms with Crippen molar-refractivity contribution in [2.24, 2.45) is 0 Å². The predicted molar refractivity (Wildman–Crippen MR) is 57.4 cm³/mol. The zero-order valence-corrected chi connectivity index (χ0v) is 9.56. The maximum absolute atomic E-state index is 9.39. The summed E-state index contributed by atoms with van der Waals surface area (Å²) in [5.74, 6) is 0.0963. The second-order valence-corrected chi connectivity index (χ2v) is 3.93. The van der Waals surface area contributed by atoms with E-state index in [9.17, 15) is 5.11 Å². The van der Waals surface area contributed by atoms with Gasteiger partial charge in [0.15, 0.2) is 0 Å². The molecule has 0 bridgehead atoms. The van der Waals surface area contributed by atoms with Crippen LogP contribution in [-0.2, 0) is 4.74 Å². The summed E-state index contributed by atoms with van der Waals surface area (Å²) < 4.78 is 5.13. The molecule has 14 heavy (non-hydrogen) atoms. The van der Waals surface area contributed by atoms with E-state index in [4.69, 9.17) is 10.1 Å². The van der Waals surface area contributed by atoms with Crippen LogP contribution in [0.2, 0.25) is 0 Å². The molecule has 0 rings (SSSR count). The molecule has 0 atom stereocenters. The van der Waals surface area contributed by atoms with Crippen LogP contribution in [0.1, 0.15) is 27.7 Å². The fourth-order valence-corrected chi connectivity index (χ4v) is 0.715. The van der Waals surface area contributed by atoms with E-state index in [-0.39, 0.29) is 12.5 Å². The number of aliphatic hydroxyl groups is 1. The first-order chi connectivity index (χ1) is 6.28. The monoisotopic (exact) mass is 200 g/mol. The van der Waals surface area contributed by atoms with Crippen LogP contribution in [0.5, 0.6) is 0 Å². The fourth-order valence-electron chi connectivity index (χ4n) is 0.715. The normalized spacial score (nSPS) is 13.3. The summed E-state index contributed by atoms with van der Waals surface area (Å²) in [6.07, 6.45) is 0. The van der Waals surface area contributed by atoms with Gasteiger partial charge in [-0.1, -0.05) is 0 Å². The molecule has 82 valence electrons. The number of nitrogens with one attached hydrogen (secondary N) is 2. The largest absolute Gasteiger partial charge is 0.475 e. The summed E-state index contributed by atoms with van der Waals surface area (Å²) >= 11 is 0. The van der Waals surface area contributed by atoms with Crippen LogP contribution in [0.4, 0.5) is 0 Å². The molecule has 0 aromatic heterocycles. The second kappa shape index (κ2) is 5.00. The molecular weight excluding hydrogens is 180 g/mol.